The molecule has 1 amide bonds. The first-order valence-electron chi connectivity index (χ1n) is 5.52. The molecule has 0 bridgehead atoms. The van der Waals surface area contributed by atoms with Gasteiger partial charge in [0.15, 0.2) is 0 Å². The van der Waals surface area contributed by atoms with E-state index < -0.39 is 6.09 Å². The second kappa shape index (κ2) is 5.27. The summed E-state index contributed by atoms with van der Waals surface area (Å²) in [4.78, 5) is 13.5. The molecule has 2 rings (SSSR count). The molecule has 4 heteroatoms. The van der Waals surface area contributed by atoms with Crippen LogP contribution in [0.1, 0.15) is 12.0 Å². The van der Waals surface area contributed by atoms with Crippen molar-refractivity contribution in [1.29, 1.82) is 0 Å². The molecule has 0 radical (unpaired) electrons. The number of carbonyl (C=O) groups is 1. The van der Waals surface area contributed by atoms with Gasteiger partial charge in [0, 0.05) is 18.0 Å². The van der Waals surface area contributed by atoms with Gasteiger partial charge >= 0.3 is 6.09 Å². The quantitative estimate of drug-likeness (QED) is 0.818. The molecular weight excluding hydrogens is 234 g/mol. The molecule has 17 heavy (non-hydrogen) atoms. The van der Waals surface area contributed by atoms with E-state index in [2.05, 4.69) is 24.5 Å². The van der Waals surface area contributed by atoms with Crippen LogP contribution in [0.5, 0.6) is 0 Å². The smallest absolute Gasteiger partial charge is 0.407 e. The van der Waals surface area contributed by atoms with E-state index in [4.69, 9.17) is 5.11 Å². The summed E-state index contributed by atoms with van der Waals surface area (Å²) < 4.78 is 0. The van der Waals surface area contributed by atoms with Crippen molar-refractivity contribution in [3.63, 3.8) is 0 Å². The Kier molecular flexibility index (Phi) is 3.74. The van der Waals surface area contributed by atoms with E-state index >= 15 is 0 Å². The Morgan fingerprint density at radius 1 is 1.47 bits per heavy atom. The first-order chi connectivity index (χ1) is 8.20. The van der Waals surface area contributed by atoms with Gasteiger partial charge in [-0.2, -0.15) is 0 Å². The molecule has 0 aliphatic carbocycles. The standard InChI is InChI=1S/C13H15NO2S/c1-17-12-4-2-3-11(9-12)10-5-7-14(8-6-10)13(15)16/h2-5,9H,6-8H2,1H3,(H,15,16). The van der Waals surface area contributed by atoms with Crippen LogP contribution >= 0.6 is 11.8 Å². The summed E-state index contributed by atoms with van der Waals surface area (Å²) in [6, 6.07) is 8.38. The molecule has 0 saturated heterocycles. The number of nitrogens with zero attached hydrogens (tertiary/aromatic N) is 1. The highest BCUT2D eigenvalue weighted by Gasteiger charge is 2.16. The summed E-state index contributed by atoms with van der Waals surface area (Å²) in [7, 11) is 0. The Labute approximate surface area is 105 Å². The molecule has 1 aromatic rings. The molecule has 0 atom stereocenters. The topological polar surface area (TPSA) is 40.5 Å². The van der Waals surface area contributed by atoms with Gasteiger partial charge in [0.2, 0.25) is 0 Å². The van der Waals surface area contributed by atoms with E-state index in [1.807, 2.05) is 12.1 Å². The lowest BCUT2D eigenvalue weighted by Gasteiger charge is -2.23. The third-order valence-corrected chi connectivity index (χ3v) is 3.65. The summed E-state index contributed by atoms with van der Waals surface area (Å²) >= 11 is 1.72. The van der Waals surface area contributed by atoms with Crippen molar-refractivity contribution >= 4 is 23.4 Å². The summed E-state index contributed by atoms with van der Waals surface area (Å²) in [5.41, 5.74) is 2.46. The van der Waals surface area contributed by atoms with Crippen molar-refractivity contribution in [2.45, 2.75) is 11.3 Å². The van der Waals surface area contributed by atoms with Crippen LogP contribution in [0.4, 0.5) is 4.79 Å². The molecule has 1 aliphatic rings. The van der Waals surface area contributed by atoms with E-state index in [9.17, 15) is 4.79 Å². The molecule has 1 heterocycles. The van der Waals surface area contributed by atoms with E-state index in [-0.39, 0.29) is 0 Å². The summed E-state index contributed by atoms with van der Waals surface area (Å²) in [6.07, 6.45) is 4.03. The van der Waals surface area contributed by atoms with Crippen LogP contribution in [0.2, 0.25) is 0 Å². The summed E-state index contributed by atoms with van der Waals surface area (Å²) in [5, 5.41) is 8.87. The Balaban J connectivity index is 2.16. The van der Waals surface area contributed by atoms with Crippen LogP contribution < -0.4 is 0 Å². The zero-order chi connectivity index (χ0) is 12.3. The molecule has 3 nitrogen and oxygen atoms in total. The molecule has 0 spiro atoms. The van der Waals surface area contributed by atoms with Gasteiger partial charge in [-0.05, 0) is 35.9 Å². The van der Waals surface area contributed by atoms with Crippen molar-refractivity contribution in [2.24, 2.45) is 0 Å². The minimum atomic E-state index is -0.835. The average Bonchev–Trinajstić information content (AvgIpc) is 2.39. The lowest BCUT2D eigenvalue weighted by atomic mass is 10.00. The van der Waals surface area contributed by atoms with Crippen molar-refractivity contribution in [3.05, 3.63) is 35.9 Å². The van der Waals surface area contributed by atoms with E-state index in [0.29, 0.717) is 13.1 Å². The Morgan fingerprint density at radius 2 is 2.29 bits per heavy atom. The lowest BCUT2D eigenvalue weighted by Crippen LogP contribution is -2.33. The van der Waals surface area contributed by atoms with Gasteiger partial charge in [-0.15, -0.1) is 11.8 Å². The zero-order valence-corrected chi connectivity index (χ0v) is 10.5. The molecule has 90 valence electrons. The SMILES string of the molecule is CSc1cccc(C2=CCN(C(=O)O)CC2)c1. The minimum Gasteiger partial charge on any atom is -0.465 e. The third kappa shape index (κ3) is 2.82. The fraction of sp³-hybridized carbons (Fsp3) is 0.308. The highest BCUT2D eigenvalue weighted by molar-refractivity contribution is 7.98. The second-order valence-corrected chi connectivity index (χ2v) is 4.82. The lowest BCUT2D eigenvalue weighted by molar-refractivity contribution is 0.150. The van der Waals surface area contributed by atoms with Crippen LogP contribution in [-0.4, -0.2) is 35.4 Å². The van der Waals surface area contributed by atoms with Gasteiger partial charge in [-0.3, -0.25) is 0 Å². The normalized spacial score (nSPS) is 15.6. The van der Waals surface area contributed by atoms with Gasteiger partial charge in [0.25, 0.3) is 0 Å². The van der Waals surface area contributed by atoms with Gasteiger partial charge in [0.05, 0.1) is 0 Å². The largest absolute Gasteiger partial charge is 0.465 e. The average molecular weight is 249 g/mol. The fourth-order valence-electron chi connectivity index (χ4n) is 1.93. The summed E-state index contributed by atoms with van der Waals surface area (Å²) in [5.74, 6) is 0. The summed E-state index contributed by atoms with van der Waals surface area (Å²) in [6.45, 7) is 1.08. The molecule has 1 aliphatic heterocycles. The maximum atomic E-state index is 10.8. The van der Waals surface area contributed by atoms with Crippen LogP contribution in [-0.2, 0) is 0 Å². The zero-order valence-electron chi connectivity index (χ0n) is 9.72. The monoisotopic (exact) mass is 249 g/mol. The third-order valence-electron chi connectivity index (χ3n) is 2.92. The molecule has 0 aromatic heterocycles. The Morgan fingerprint density at radius 3 is 2.88 bits per heavy atom. The van der Waals surface area contributed by atoms with E-state index in [1.54, 1.807) is 11.8 Å². The number of rotatable bonds is 2. The molecule has 0 fully saturated rings. The number of hydrogen-bond acceptors (Lipinski definition) is 2. The highest BCUT2D eigenvalue weighted by atomic mass is 32.2. The van der Waals surface area contributed by atoms with Crippen molar-refractivity contribution in [1.82, 2.24) is 4.90 Å². The van der Waals surface area contributed by atoms with Crippen molar-refractivity contribution in [2.75, 3.05) is 19.3 Å². The van der Waals surface area contributed by atoms with Crippen molar-refractivity contribution < 1.29 is 9.90 Å². The number of hydrogen-bond donors (Lipinski definition) is 1. The number of amides is 1. The number of thioether (sulfide) groups is 1. The van der Waals surface area contributed by atoms with Crippen LogP contribution in [0.25, 0.3) is 5.57 Å². The van der Waals surface area contributed by atoms with Gasteiger partial charge in [-0.1, -0.05) is 18.2 Å². The van der Waals surface area contributed by atoms with Gasteiger partial charge < -0.3 is 10.0 Å². The van der Waals surface area contributed by atoms with Crippen LogP contribution in [0.15, 0.2) is 35.2 Å². The Hall–Kier alpha value is -1.42. The molecule has 0 saturated carbocycles. The van der Waals surface area contributed by atoms with E-state index in [0.717, 1.165) is 6.42 Å². The molecule has 0 unspecified atom stereocenters. The van der Waals surface area contributed by atoms with Crippen molar-refractivity contribution in [3.8, 4) is 0 Å². The van der Waals surface area contributed by atoms with E-state index in [1.165, 1.54) is 20.9 Å². The Bertz CT molecular complexity index is 456. The highest BCUT2D eigenvalue weighted by Crippen LogP contribution is 2.25. The molecule has 1 aromatic carbocycles. The predicted molar refractivity (Wildman–Crippen MR) is 70.4 cm³/mol. The molecular formula is C13H15NO2S. The minimum absolute atomic E-state index is 0.494. The van der Waals surface area contributed by atoms with Crippen LogP contribution in [0.3, 0.4) is 0 Å². The van der Waals surface area contributed by atoms with Gasteiger partial charge in [0.1, 0.15) is 0 Å². The first kappa shape index (κ1) is 12.0. The second-order valence-electron chi connectivity index (χ2n) is 3.94. The van der Waals surface area contributed by atoms with Crippen LogP contribution in [0, 0.1) is 0 Å². The first-order valence-corrected chi connectivity index (χ1v) is 6.74. The fourth-order valence-corrected chi connectivity index (χ4v) is 2.39. The number of benzene rings is 1. The number of carboxylic acid groups (broad SMARTS) is 1. The van der Waals surface area contributed by atoms with Gasteiger partial charge in [-0.25, -0.2) is 4.79 Å². The predicted octanol–water partition coefficient (Wildman–Crippen LogP) is 3.18. The molecule has 1 N–H and O–H groups in total. The maximum absolute atomic E-state index is 10.8. The maximum Gasteiger partial charge on any atom is 0.407 e.